The van der Waals surface area contributed by atoms with E-state index in [4.69, 9.17) is 4.74 Å². The fraction of sp³-hybridized carbons (Fsp3) is 0.476. The van der Waals surface area contributed by atoms with E-state index in [-0.39, 0.29) is 5.91 Å². The molecule has 4 nitrogen and oxygen atoms in total. The molecule has 0 N–H and O–H groups in total. The van der Waals surface area contributed by atoms with E-state index in [0.717, 1.165) is 22.6 Å². The van der Waals surface area contributed by atoms with E-state index < -0.39 is 0 Å². The van der Waals surface area contributed by atoms with Crippen molar-refractivity contribution in [2.24, 2.45) is 5.92 Å². The zero-order valence-corrected chi connectivity index (χ0v) is 15.7. The Morgan fingerprint density at radius 1 is 1.16 bits per heavy atom. The van der Waals surface area contributed by atoms with Crippen LogP contribution in [0, 0.1) is 5.92 Å². The van der Waals surface area contributed by atoms with Crippen molar-refractivity contribution in [2.45, 2.75) is 32.4 Å². The maximum Gasteiger partial charge on any atom is 0.236 e. The van der Waals surface area contributed by atoms with Gasteiger partial charge < -0.3 is 9.64 Å². The smallest absolute Gasteiger partial charge is 0.236 e. The van der Waals surface area contributed by atoms with Gasteiger partial charge in [-0.15, -0.1) is 0 Å². The lowest BCUT2D eigenvalue weighted by molar-refractivity contribution is -0.131. The van der Waals surface area contributed by atoms with Crippen molar-refractivity contribution in [2.75, 3.05) is 27.7 Å². The molecule has 1 unspecified atom stereocenters. The van der Waals surface area contributed by atoms with Crippen LogP contribution in [-0.2, 0) is 11.3 Å². The van der Waals surface area contributed by atoms with E-state index in [9.17, 15) is 4.79 Å². The molecule has 0 radical (unpaired) electrons. The molecule has 0 bridgehead atoms. The van der Waals surface area contributed by atoms with Crippen LogP contribution in [0.5, 0.6) is 5.75 Å². The number of likely N-dealkylation sites (N-methyl/N-ethyl adjacent to an activating group) is 2. The molecule has 1 amide bonds. The molecule has 0 spiro atoms. The summed E-state index contributed by atoms with van der Waals surface area (Å²) in [7, 11) is 5.62. The Bertz CT molecular complexity index is 755. The van der Waals surface area contributed by atoms with Crippen molar-refractivity contribution < 1.29 is 9.53 Å². The first-order chi connectivity index (χ1) is 12.0. The largest absolute Gasteiger partial charge is 0.497 e. The zero-order valence-electron chi connectivity index (χ0n) is 15.7. The number of amides is 1. The number of ether oxygens (including phenoxy) is 1. The molecule has 25 heavy (non-hydrogen) atoms. The Morgan fingerprint density at radius 2 is 1.84 bits per heavy atom. The Kier molecular flexibility index (Phi) is 5.28. The summed E-state index contributed by atoms with van der Waals surface area (Å²) in [6, 6.07) is 12.9. The highest BCUT2D eigenvalue weighted by molar-refractivity contribution is 5.84. The Balaban J connectivity index is 1.62. The molecule has 0 saturated heterocycles. The van der Waals surface area contributed by atoms with E-state index in [0.29, 0.717) is 19.1 Å². The van der Waals surface area contributed by atoms with Crippen molar-refractivity contribution in [1.82, 2.24) is 9.80 Å². The number of carbonyl (C=O) groups excluding carboxylic acids is 1. The predicted octanol–water partition coefficient (Wildman–Crippen LogP) is 3.54. The number of hydrogen-bond acceptors (Lipinski definition) is 3. The third kappa shape index (κ3) is 4.31. The van der Waals surface area contributed by atoms with Gasteiger partial charge in [-0.25, -0.2) is 0 Å². The third-order valence-electron chi connectivity index (χ3n) is 5.34. The molecule has 0 heterocycles. The maximum absolute atomic E-state index is 12.5. The molecule has 1 saturated carbocycles. The first-order valence-electron chi connectivity index (χ1n) is 8.99. The normalized spacial score (nSPS) is 15.4. The number of rotatable bonds is 7. The van der Waals surface area contributed by atoms with Gasteiger partial charge in [0.05, 0.1) is 13.7 Å². The van der Waals surface area contributed by atoms with Gasteiger partial charge in [0, 0.05) is 19.6 Å². The summed E-state index contributed by atoms with van der Waals surface area (Å²) in [6.07, 6.45) is 2.61. The van der Waals surface area contributed by atoms with E-state index in [1.165, 1.54) is 18.2 Å². The molecule has 1 aliphatic rings. The van der Waals surface area contributed by atoms with E-state index >= 15 is 0 Å². The minimum atomic E-state index is 0.171. The van der Waals surface area contributed by atoms with Crippen molar-refractivity contribution in [3.8, 4) is 5.75 Å². The van der Waals surface area contributed by atoms with E-state index in [1.807, 2.05) is 24.1 Å². The minimum Gasteiger partial charge on any atom is -0.497 e. The second-order valence-corrected chi connectivity index (χ2v) is 7.29. The highest BCUT2D eigenvalue weighted by Gasteiger charge is 2.31. The molecule has 134 valence electrons. The number of fused-ring (bicyclic) bond motifs is 1. The molecular weight excluding hydrogens is 312 g/mol. The first-order valence-corrected chi connectivity index (χ1v) is 8.99. The van der Waals surface area contributed by atoms with Gasteiger partial charge in [-0.05, 0) is 67.3 Å². The number of carbonyl (C=O) groups is 1. The zero-order chi connectivity index (χ0) is 18.0. The summed E-state index contributed by atoms with van der Waals surface area (Å²) in [5.74, 6) is 1.81. The van der Waals surface area contributed by atoms with Gasteiger partial charge in [-0.1, -0.05) is 18.2 Å². The van der Waals surface area contributed by atoms with Crippen LogP contribution in [0.4, 0.5) is 0 Å². The highest BCUT2D eigenvalue weighted by atomic mass is 16.5. The van der Waals surface area contributed by atoms with Gasteiger partial charge in [-0.3, -0.25) is 9.69 Å². The summed E-state index contributed by atoms with van der Waals surface area (Å²) < 4.78 is 5.27. The van der Waals surface area contributed by atoms with Crippen LogP contribution in [0.2, 0.25) is 0 Å². The van der Waals surface area contributed by atoms with Crippen LogP contribution < -0.4 is 4.74 Å². The van der Waals surface area contributed by atoms with Crippen molar-refractivity contribution in [3.63, 3.8) is 0 Å². The first kappa shape index (κ1) is 17.7. The number of methoxy groups -OCH3 is 1. The van der Waals surface area contributed by atoms with Gasteiger partial charge in [0.25, 0.3) is 0 Å². The van der Waals surface area contributed by atoms with Crippen LogP contribution >= 0.6 is 0 Å². The summed E-state index contributed by atoms with van der Waals surface area (Å²) in [6.45, 7) is 3.34. The summed E-state index contributed by atoms with van der Waals surface area (Å²) in [5, 5.41) is 2.31. The van der Waals surface area contributed by atoms with Crippen LogP contribution in [0.3, 0.4) is 0 Å². The fourth-order valence-electron chi connectivity index (χ4n) is 3.28. The minimum absolute atomic E-state index is 0.171. The Labute approximate surface area is 150 Å². The van der Waals surface area contributed by atoms with Gasteiger partial charge in [0.15, 0.2) is 0 Å². The number of benzene rings is 2. The maximum atomic E-state index is 12.5. The summed E-state index contributed by atoms with van der Waals surface area (Å²) in [4.78, 5) is 16.5. The average Bonchev–Trinajstić information content (AvgIpc) is 3.45. The molecule has 3 rings (SSSR count). The number of nitrogens with zero attached hydrogens (tertiary/aromatic N) is 2. The van der Waals surface area contributed by atoms with Gasteiger partial charge >= 0.3 is 0 Å². The topological polar surface area (TPSA) is 32.8 Å². The predicted molar refractivity (Wildman–Crippen MR) is 102 cm³/mol. The fourth-order valence-corrected chi connectivity index (χ4v) is 3.28. The molecule has 1 atom stereocenters. The lowest BCUT2D eigenvalue weighted by atomic mass is 10.1. The second-order valence-electron chi connectivity index (χ2n) is 7.29. The summed E-state index contributed by atoms with van der Waals surface area (Å²) in [5.41, 5.74) is 1.14. The van der Waals surface area contributed by atoms with Crippen LogP contribution in [0.15, 0.2) is 36.4 Å². The van der Waals surface area contributed by atoms with Crippen LogP contribution in [0.25, 0.3) is 10.8 Å². The quantitative estimate of drug-likeness (QED) is 0.773. The molecule has 2 aromatic carbocycles. The van der Waals surface area contributed by atoms with Crippen LogP contribution in [0.1, 0.15) is 25.3 Å². The van der Waals surface area contributed by atoms with Crippen molar-refractivity contribution in [3.05, 3.63) is 42.0 Å². The molecule has 1 aliphatic carbocycles. The Morgan fingerprint density at radius 3 is 2.52 bits per heavy atom. The molecule has 0 aromatic heterocycles. The molecule has 2 aromatic rings. The molecule has 4 heteroatoms. The van der Waals surface area contributed by atoms with E-state index in [1.54, 1.807) is 7.11 Å². The molecule has 1 fully saturated rings. The summed E-state index contributed by atoms with van der Waals surface area (Å²) >= 11 is 0. The molecule has 0 aliphatic heterocycles. The van der Waals surface area contributed by atoms with Crippen molar-refractivity contribution in [1.29, 1.82) is 0 Å². The second kappa shape index (κ2) is 7.44. The lowest BCUT2D eigenvalue weighted by Gasteiger charge is -2.26. The highest BCUT2D eigenvalue weighted by Crippen LogP contribution is 2.34. The third-order valence-corrected chi connectivity index (χ3v) is 5.34. The lowest BCUT2D eigenvalue weighted by Crippen LogP contribution is -2.40. The van der Waals surface area contributed by atoms with Crippen molar-refractivity contribution >= 4 is 16.7 Å². The standard InChI is InChI=1S/C21H28N2O2/c1-15(17-7-8-17)22(2)14-21(24)23(3)13-16-5-6-19-12-20(25-4)10-9-18(19)11-16/h5-6,9-12,15,17H,7-8,13-14H2,1-4H3. The number of hydrogen-bond donors (Lipinski definition) is 0. The van der Waals surface area contributed by atoms with Gasteiger partial charge in [0.2, 0.25) is 5.91 Å². The monoisotopic (exact) mass is 340 g/mol. The van der Waals surface area contributed by atoms with E-state index in [2.05, 4.69) is 43.1 Å². The SMILES string of the molecule is COc1ccc2cc(CN(C)C(=O)CN(C)C(C)C3CC3)ccc2c1. The molecular formula is C21H28N2O2. The Hall–Kier alpha value is -2.07. The van der Waals surface area contributed by atoms with Gasteiger partial charge in [-0.2, -0.15) is 0 Å². The van der Waals surface area contributed by atoms with Gasteiger partial charge in [0.1, 0.15) is 5.75 Å². The van der Waals surface area contributed by atoms with Crippen LogP contribution in [-0.4, -0.2) is 49.5 Å². The average molecular weight is 340 g/mol.